The molecule has 0 spiro atoms. The van der Waals surface area contributed by atoms with Crippen LogP contribution in [0.25, 0.3) is 0 Å². The third-order valence-electron chi connectivity index (χ3n) is 2.68. The van der Waals surface area contributed by atoms with Crippen molar-refractivity contribution in [3.63, 3.8) is 0 Å². The summed E-state index contributed by atoms with van der Waals surface area (Å²) >= 11 is 0. The maximum atomic E-state index is 11.3. The van der Waals surface area contributed by atoms with E-state index in [2.05, 4.69) is 12.2 Å². The molecular weight excluding hydrogens is 216 g/mol. The minimum Gasteiger partial charge on any atom is -0.320 e. The Kier molecular flexibility index (Phi) is 9.72. The highest BCUT2D eigenvalue weighted by molar-refractivity contribution is 5.97. The molecule has 0 bridgehead atoms. The van der Waals surface area contributed by atoms with Crippen molar-refractivity contribution in [2.24, 2.45) is 5.73 Å². The van der Waals surface area contributed by atoms with Crippen LogP contribution < -0.4 is 11.1 Å². The molecule has 17 heavy (non-hydrogen) atoms. The zero-order valence-corrected chi connectivity index (χ0v) is 11.1. The third kappa shape index (κ3) is 10.00. The van der Waals surface area contributed by atoms with Crippen molar-refractivity contribution in [1.29, 1.82) is 0 Å². The fraction of sp³-hybridized carbons (Fsp3) is 0.846. The van der Waals surface area contributed by atoms with Gasteiger partial charge in [0.1, 0.15) is 0 Å². The van der Waals surface area contributed by atoms with Gasteiger partial charge < -0.3 is 5.73 Å². The van der Waals surface area contributed by atoms with Gasteiger partial charge in [-0.1, -0.05) is 45.4 Å². The Morgan fingerprint density at radius 3 is 2.12 bits per heavy atom. The molecule has 0 fully saturated rings. The number of amides is 2. The molecule has 0 aromatic rings. The minimum absolute atomic E-state index is 0.208. The SMILES string of the molecule is CCCCCCCCCC(=O)NC(=O)[C@H](C)N. The molecule has 0 unspecified atom stereocenters. The molecule has 4 heteroatoms. The molecule has 0 aliphatic heterocycles. The maximum Gasteiger partial charge on any atom is 0.243 e. The molecule has 0 aromatic heterocycles. The zero-order chi connectivity index (χ0) is 13.1. The van der Waals surface area contributed by atoms with Gasteiger partial charge >= 0.3 is 0 Å². The lowest BCUT2D eigenvalue weighted by atomic mass is 10.1. The lowest BCUT2D eigenvalue weighted by Crippen LogP contribution is -2.41. The Balaban J connectivity index is 3.36. The zero-order valence-electron chi connectivity index (χ0n) is 11.1. The van der Waals surface area contributed by atoms with E-state index in [0.29, 0.717) is 6.42 Å². The molecule has 100 valence electrons. The summed E-state index contributed by atoms with van der Waals surface area (Å²) in [5, 5.41) is 2.29. The molecule has 4 nitrogen and oxygen atoms in total. The van der Waals surface area contributed by atoms with Gasteiger partial charge in [-0.25, -0.2) is 0 Å². The van der Waals surface area contributed by atoms with Crippen LogP contribution in [0.2, 0.25) is 0 Å². The van der Waals surface area contributed by atoms with Gasteiger partial charge in [0.15, 0.2) is 0 Å². The number of imide groups is 1. The van der Waals surface area contributed by atoms with Gasteiger partial charge in [0, 0.05) is 6.42 Å². The summed E-state index contributed by atoms with van der Waals surface area (Å²) in [6.45, 7) is 3.76. The fourth-order valence-corrected chi connectivity index (χ4v) is 1.56. The van der Waals surface area contributed by atoms with E-state index in [9.17, 15) is 9.59 Å². The van der Waals surface area contributed by atoms with Crippen LogP contribution in [-0.4, -0.2) is 17.9 Å². The van der Waals surface area contributed by atoms with Crippen molar-refractivity contribution < 1.29 is 9.59 Å². The highest BCUT2D eigenvalue weighted by Crippen LogP contribution is 2.08. The van der Waals surface area contributed by atoms with E-state index >= 15 is 0 Å². The van der Waals surface area contributed by atoms with Crippen molar-refractivity contribution >= 4 is 11.8 Å². The second-order valence-corrected chi connectivity index (χ2v) is 4.57. The summed E-state index contributed by atoms with van der Waals surface area (Å²) < 4.78 is 0. The van der Waals surface area contributed by atoms with Gasteiger partial charge in [-0.15, -0.1) is 0 Å². The van der Waals surface area contributed by atoms with E-state index in [1.807, 2.05) is 0 Å². The number of hydrogen-bond donors (Lipinski definition) is 2. The van der Waals surface area contributed by atoms with Crippen LogP contribution in [-0.2, 0) is 9.59 Å². The number of carbonyl (C=O) groups excluding carboxylic acids is 2. The van der Waals surface area contributed by atoms with E-state index in [0.717, 1.165) is 12.8 Å². The summed E-state index contributed by atoms with van der Waals surface area (Å²) in [6, 6.07) is -0.618. The normalized spacial score (nSPS) is 12.2. The molecule has 2 amide bonds. The van der Waals surface area contributed by atoms with E-state index in [-0.39, 0.29) is 5.91 Å². The topological polar surface area (TPSA) is 72.2 Å². The van der Waals surface area contributed by atoms with Crippen molar-refractivity contribution in [3.8, 4) is 0 Å². The maximum absolute atomic E-state index is 11.3. The number of nitrogens with two attached hydrogens (primary N) is 1. The Bertz CT molecular complexity index is 227. The summed E-state index contributed by atoms with van der Waals surface area (Å²) in [4.78, 5) is 22.4. The fourth-order valence-electron chi connectivity index (χ4n) is 1.56. The second kappa shape index (κ2) is 10.3. The highest BCUT2D eigenvalue weighted by Gasteiger charge is 2.10. The van der Waals surface area contributed by atoms with Crippen LogP contribution in [0.4, 0.5) is 0 Å². The largest absolute Gasteiger partial charge is 0.320 e. The summed E-state index contributed by atoms with van der Waals surface area (Å²) in [5.41, 5.74) is 5.34. The van der Waals surface area contributed by atoms with Crippen LogP contribution in [0.3, 0.4) is 0 Å². The van der Waals surface area contributed by atoms with Crippen molar-refractivity contribution in [3.05, 3.63) is 0 Å². The van der Waals surface area contributed by atoms with Crippen LogP contribution in [0.1, 0.15) is 65.2 Å². The summed E-state index contributed by atoms with van der Waals surface area (Å²) in [5.74, 6) is -0.598. The number of nitrogens with one attached hydrogen (secondary N) is 1. The van der Waals surface area contributed by atoms with Crippen LogP contribution in [0, 0.1) is 0 Å². The first-order valence-corrected chi connectivity index (χ1v) is 6.67. The minimum atomic E-state index is -0.618. The van der Waals surface area contributed by atoms with E-state index < -0.39 is 11.9 Å². The van der Waals surface area contributed by atoms with E-state index in [1.54, 1.807) is 6.92 Å². The average molecular weight is 242 g/mol. The Hall–Kier alpha value is -0.900. The Morgan fingerprint density at radius 1 is 1.06 bits per heavy atom. The highest BCUT2D eigenvalue weighted by atomic mass is 16.2. The quantitative estimate of drug-likeness (QED) is 0.608. The van der Waals surface area contributed by atoms with Gasteiger partial charge in [0.2, 0.25) is 11.8 Å². The number of rotatable bonds is 9. The second-order valence-electron chi connectivity index (χ2n) is 4.57. The molecule has 0 rings (SSSR count). The molecule has 0 heterocycles. The molecule has 0 saturated heterocycles. The summed E-state index contributed by atoms with van der Waals surface area (Å²) in [7, 11) is 0. The Morgan fingerprint density at radius 2 is 1.59 bits per heavy atom. The number of unbranched alkanes of at least 4 members (excludes halogenated alkanes) is 6. The molecule has 3 N–H and O–H groups in total. The van der Waals surface area contributed by atoms with Crippen molar-refractivity contribution in [2.75, 3.05) is 0 Å². The Labute approximate surface area is 104 Å². The molecular formula is C13H26N2O2. The van der Waals surface area contributed by atoms with Crippen LogP contribution >= 0.6 is 0 Å². The van der Waals surface area contributed by atoms with Gasteiger partial charge in [-0.2, -0.15) is 0 Å². The van der Waals surface area contributed by atoms with Crippen LogP contribution in [0.5, 0.6) is 0 Å². The van der Waals surface area contributed by atoms with Gasteiger partial charge in [-0.3, -0.25) is 14.9 Å². The molecule has 0 aliphatic rings. The van der Waals surface area contributed by atoms with Crippen molar-refractivity contribution in [2.45, 2.75) is 71.3 Å². The number of carbonyl (C=O) groups is 2. The summed E-state index contributed by atoms with van der Waals surface area (Å²) in [6.07, 6.45) is 8.58. The lowest BCUT2D eigenvalue weighted by Gasteiger charge is -2.06. The molecule has 0 aromatic carbocycles. The molecule has 0 radical (unpaired) electrons. The first-order valence-electron chi connectivity index (χ1n) is 6.67. The monoisotopic (exact) mass is 242 g/mol. The van der Waals surface area contributed by atoms with Crippen LogP contribution in [0.15, 0.2) is 0 Å². The van der Waals surface area contributed by atoms with Crippen molar-refractivity contribution in [1.82, 2.24) is 5.32 Å². The lowest BCUT2D eigenvalue weighted by molar-refractivity contribution is -0.131. The van der Waals surface area contributed by atoms with Gasteiger partial charge in [-0.05, 0) is 13.3 Å². The predicted octanol–water partition coefficient (Wildman–Crippen LogP) is 2.12. The molecule has 1 atom stereocenters. The van der Waals surface area contributed by atoms with Gasteiger partial charge in [0.05, 0.1) is 6.04 Å². The third-order valence-corrected chi connectivity index (χ3v) is 2.68. The first-order chi connectivity index (χ1) is 8.07. The molecule has 0 aliphatic carbocycles. The molecule has 0 saturated carbocycles. The average Bonchev–Trinajstić information content (AvgIpc) is 2.27. The standard InChI is InChI=1S/C13H26N2O2/c1-3-4-5-6-7-8-9-10-12(16)15-13(17)11(2)14/h11H,3-10,14H2,1-2H3,(H,15,16,17)/t11-/m0/s1. The van der Waals surface area contributed by atoms with E-state index in [4.69, 9.17) is 5.73 Å². The first kappa shape index (κ1) is 16.1. The number of hydrogen-bond acceptors (Lipinski definition) is 3. The predicted molar refractivity (Wildman–Crippen MR) is 69.4 cm³/mol. The van der Waals surface area contributed by atoms with E-state index in [1.165, 1.54) is 32.1 Å². The smallest absolute Gasteiger partial charge is 0.243 e. The van der Waals surface area contributed by atoms with Gasteiger partial charge in [0.25, 0.3) is 0 Å².